The highest BCUT2D eigenvalue weighted by Gasteiger charge is 2.06. The Morgan fingerprint density at radius 3 is 2.86 bits per heavy atom. The Labute approximate surface area is 134 Å². The van der Waals surface area contributed by atoms with Gasteiger partial charge < -0.3 is 15.4 Å². The summed E-state index contributed by atoms with van der Waals surface area (Å²) in [6.45, 7) is 0.971. The average molecular weight is 320 g/mol. The van der Waals surface area contributed by atoms with Gasteiger partial charge in [0.15, 0.2) is 0 Å². The fourth-order valence-corrected chi connectivity index (χ4v) is 2.03. The molecule has 116 valence electrons. The third kappa shape index (κ3) is 5.02. The predicted octanol–water partition coefficient (Wildman–Crippen LogP) is 2.86. The minimum atomic E-state index is -0.0624. The molecule has 0 unspecified atom stereocenters. The quantitative estimate of drug-likeness (QED) is 0.823. The lowest BCUT2D eigenvalue weighted by Gasteiger charge is -2.10. The van der Waals surface area contributed by atoms with Crippen LogP contribution in [0.3, 0.4) is 0 Å². The molecule has 0 radical (unpaired) electrons. The van der Waals surface area contributed by atoms with Crippen LogP contribution in [-0.4, -0.2) is 24.5 Å². The van der Waals surface area contributed by atoms with Crippen molar-refractivity contribution in [3.05, 3.63) is 53.3 Å². The first kappa shape index (κ1) is 16.3. The molecule has 0 aliphatic heterocycles. The average Bonchev–Trinajstić information content (AvgIpc) is 2.53. The molecular weight excluding hydrogens is 302 g/mol. The van der Waals surface area contributed by atoms with Crippen molar-refractivity contribution in [2.75, 3.05) is 18.9 Å². The topological polar surface area (TPSA) is 63.2 Å². The number of anilines is 1. The number of ether oxygens (including phenoxy) is 1. The van der Waals surface area contributed by atoms with E-state index in [-0.39, 0.29) is 5.91 Å². The third-order valence-electron chi connectivity index (χ3n) is 2.92. The van der Waals surface area contributed by atoms with Crippen molar-refractivity contribution >= 4 is 23.2 Å². The van der Waals surface area contributed by atoms with Crippen LogP contribution in [0.5, 0.6) is 5.75 Å². The van der Waals surface area contributed by atoms with E-state index in [1.807, 2.05) is 18.2 Å². The highest BCUT2D eigenvalue weighted by molar-refractivity contribution is 6.32. The van der Waals surface area contributed by atoms with Gasteiger partial charge in [-0.2, -0.15) is 0 Å². The molecule has 0 spiro atoms. The zero-order chi connectivity index (χ0) is 15.8. The largest absolute Gasteiger partial charge is 0.486 e. The van der Waals surface area contributed by atoms with Crippen LogP contribution >= 0.6 is 11.6 Å². The Balaban J connectivity index is 1.93. The molecule has 2 rings (SSSR count). The number of hydrogen-bond acceptors (Lipinski definition) is 4. The van der Waals surface area contributed by atoms with E-state index in [4.69, 9.17) is 16.3 Å². The zero-order valence-electron chi connectivity index (χ0n) is 12.3. The summed E-state index contributed by atoms with van der Waals surface area (Å²) < 4.78 is 5.63. The number of halogens is 1. The van der Waals surface area contributed by atoms with Gasteiger partial charge in [-0.15, -0.1) is 0 Å². The second-order valence-corrected chi connectivity index (χ2v) is 5.06. The summed E-state index contributed by atoms with van der Waals surface area (Å²) >= 11 is 6.17. The van der Waals surface area contributed by atoms with Crippen molar-refractivity contribution in [3.8, 4) is 5.75 Å². The van der Waals surface area contributed by atoms with Gasteiger partial charge in [0.05, 0.1) is 10.7 Å². The maximum atomic E-state index is 11.6. The number of nitrogens with zero attached hydrogens (tertiary/aromatic N) is 1. The molecule has 0 saturated carbocycles. The van der Waals surface area contributed by atoms with Crippen molar-refractivity contribution in [3.63, 3.8) is 0 Å². The minimum absolute atomic E-state index is 0.0624. The summed E-state index contributed by atoms with van der Waals surface area (Å²) in [6, 6.07) is 10.8. The lowest BCUT2D eigenvalue weighted by molar-refractivity contribution is -0.116. The van der Waals surface area contributed by atoms with Gasteiger partial charge in [-0.25, -0.2) is 0 Å². The Morgan fingerprint density at radius 1 is 1.32 bits per heavy atom. The molecule has 22 heavy (non-hydrogen) atoms. The lowest BCUT2D eigenvalue weighted by Crippen LogP contribution is -2.18. The van der Waals surface area contributed by atoms with Gasteiger partial charge in [-0.3, -0.25) is 9.78 Å². The molecule has 0 bridgehead atoms. The summed E-state index contributed by atoms with van der Waals surface area (Å²) in [7, 11) is 1.80. The number of aromatic nitrogens is 1. The Bertz CT molecular complexity index is 620. The van der Waals surface area contributed by atoms with Gasteiger partial charge in [0.2, 0.25) is 5.91 Å². The molecule has 0 fully saturated rings. The fourth-order valence-electron chi connectivity index (χ4n) is 1.79. The molecule has 0 aliphatic rings. The predicted molar refractivity (Wildman–Crippen MR) is 87.2 cm³/mol. The van der Waals surface area contributed by atoms with E-state index in [2.05, 4.69) is 15.6 Å². The van der Waals surface area contributed by atoms with Crippen LogP contribution in [0.4, 0.5) is 5.69 Å². The lowest BCUT2D eigenvalue weighted by atomic mass is 10.3. The molecule has 0 aliphatic carbocycles. The van der Waals surface area contributed by atoms with Crippen molar-refractivity contribution in [1.82, 2.24) is 10.3 Å². The minimum Gasteiger partial charge on any atom is -0.486 e. The van der Waals surface area contributed by atoms with E-state index < -0.39 is 0 Å². The molecule has 2 N–H and O–H groups in total. The van der Waals surface area contributed by atoms with Crippen molar-refractivity contribution in [1.29, 1.82) is 0 Å². The summed E-state index contributed by atoms with van der Waals surface area (Å²) in [5, 5.41) is 6.16. The number of nitrogens with one attached hydrogen (secondary N) is 2. The zero-order valence-corrected chi connectivity index (χ0v) is 13.1. The molecule has 1 aromatic heterocycles. The van der Waals surface area contributed by atoms with Crippen LogP contribution in [0.2, 0.25) is 5.02 Å². The summed E-state index contributed by atoms with van der Waals surface area (Å²) in [5.74, 6) is 0.494. The smallest absolute Gasteiger partial charge is 0.225 e. The van der Waals surface area contributed by atoms with Gasteiger partial charge in [-0.1, -0.05) is 17.7 Å². The van der Waals surface area contributed by atoms with Gasteiger partial charge in [-0.05, 0) is 37.4 Å². The van der Waals surface area contributed by atoms with E-state index in [0.717, 1.165) is 5.69 Å². The number of pyridine rings is 1. The van der Waals surface area contributed by atoms with E-state index in [9.17, 15) is 4.79 Å². The Morgan fingerprint density at radius 2 is 2.18 bits per heavy atom. The second kappa shape index (κ2) is 8.36. The highest BCUT2D eigenvalue weighted by Crippen LogP contribution is 2.28. The number of carbonyl (C=O) groups is 1. The fraction of sp³-hybridized carbons (Fsp3) is 0.250. The Hall–Kier alpha value is -2.11. The standard InChI is InChI=1S/C16H18ClN3O2/c1-18-9-7-16(21)20-12-5-6-15(14(17)10-12)22-11-13-4-2-3-8-19-13/h2-6,8,10,18H,7,9,11H2,1H3,(H,20,21). The molecule has 0 saturated heterocycles. The van der Waals surface area contributed by atoms with Crippen molar-refractivity contribution < 1.29 is 9.53 Å². The SMILES string of the molecule is CNCCC(=O)Nc1ccc(OCc2ccccn2)c(Cl)c1. The number of amides is 1. The van der Waals surface area contributed by atoms with Crippen LogP contribution in [0.25, 0.3) is 0 Å². The maximum Gasteiger partial charge on any atom is 0.225 e. The van der Waals surface area contributed by atoms with Crippen molar-refractivity contribution in [2.45, 2.75) is 13.0 Å². The number of carbonyl (C=O) groups excluding carboxylic acids is 1. The molecular formula is C16H18ClN3O2. The van der Waals surface area contributed by atoms with Crippen LogP contribution < -0.4 is 15.4 Å². The van der Waals surface area contributed by atoms with E-state index in [1.165, 1.54) is 0 Å². The normalized spacial score (nSPS) is 10.3. The summed E-state index contributed by atoms with van der Waals surface area (Å²) in [4.78, 5) is 15.8. The van der Waals surface area contributed by atoms with E-state index in [0.29, 0.717) is 36.0 Å². The van der Waals surface area contributed by atoms with Gasteiger partial charge >= 0.3 is 0 Å². The first-order valence-electron chi connectivity index (χ1n) is 6.96. The van der Waals surface area contributed by atoms with Crippen LogP contribution in [0.1, 0.15) is 12.1 Å². The molecule has 5 nitrogen and oxygen atoms in total. The number of rotatable bonds is 7. The first-order chi connectivity index (χ1) is 10.7. The molecule has 1 heterocycles. The number of benzene rings is 1. The molecule has 2 aromatic rings. The van der Waals surface area contributed by atoms with Gasteiger partial charge in [0.1, 0.15) is 12.4 Å². The Kier molecular flexibility index (Phi) is 6.18. The monoisotopic (exact) mass is 319 g/mol. The molecule has 1 amide bonds. The van der Waals surface area contributed by atoms with E-state index >= 15 is 0 Å². The first-order valence-corrected chi connectivity index (χ1v) is 7.33. The van der Waals surface area contributed by atoms with Crippen LogP contribution in [0.15, 0.2) is 42.6 Å². The highest BCUT2D eigenvalue weighted by atomic mass is 35.5. The van der Waals surface area contributed by atoms with Gasteiger partial charge in [0, 0.05) is 24.8 Å². The molecule has 1 aromatic carbocycles. The second-order valence-electron chi connectivity index (χ2n) is 4.66. The summed E-state index contributed by atoms with van der Waals surface area (Å²) in [5.41, 5.74) is 1.47. The molecule has 6 heteroatoms. The van der Waals surface area contributed by atoms with Crippen molar-refractivity contribution in [2.24, 2.45) is 0 Å². The number of hydrogen-bond donors (Lipinski definition) is 2. The summed E-state index contributed by atoms with van der Waals surface area (Å²) in [6.07, 6.45) is 2.12. The van der Waals surface area contributed by atoms with Crippen LogP contribution in [-0.2, 0) is 11.4 Å². The van der Waals surface area contributed by atoms with E-state index in [1.54, 1.807) is 31.4 Å². The van der Waals surface area contributed by atoms with Gasteiger partial charge in [0.25, 0.3) is 0 Å². The molecule has 0 atom stereocenters. The van der Waals surface area contributed by atoms with Crippen LogP contribution in [0, 0.1) is 0 Å². The maximum absolute atomic E-state index is 11.6. The third-order valence-corrected chi connectivity index (χ3v) is 3.21.